The molecule has 6 rings (SSSR count). The van der Waals surface area contributed by atoms with E-state index in [0.717, 1.165) is 12.1 Å². The average Bonchev–Trinajstić information content (AvgIpc) is 3.27. The molecule has 2 saturated heterocycles. The van der Waals surface area contributed by atoms with Gasteiger partial charge in [0.15, 0.2) is 11.6 Å². The Morgan fingerprint density at radius 2 is 1.08 bits per heavy atom. The van der Waals surface area contributed by atoms with Gasteiger partial charge in [-0.15, -0.1) is 0 Å². The maximum absolute atomic E-state index is 14.8. The highest BCUT2D eigenvalue weighted by Crippen LogP contribution is 2.26. The minimum atomic E-state index is -3.25. The zero-order chi connectivity index (χ0) is 44.1. The van der Waals surface area contributed by atoms with Crippen LogP contribution in [-0.2, 0) is 27.4 Å². The number of urea groups is 2. The van der Waals surface area contributed by atoms with Gasteiger partial charge < -0.3 is 30.3 Å². The lowest BCUT2D eigenvalue weighted by Gasteiger charge is -2.33. The van der Waals surface area contributed by atoms with Gasteiger partial charge in [0.25, 0.3) is 5.91 Å². The minimum absolute atomic E-state index is 0.000534. The van der Waals surface area contributed by atoms with Crippen LogP contribution in [-0.4, -0.2) is 111 Å². The lowest BCUT2D eigenvalue weighted by atomic mass is 10.1. The highest BCUT2D eigenvalue weighted by atomic mass is 35.5. The van der Waals surface area contributed by atoms with Crippen LogP contribution in [0.2, 0.25) is 10.0 Å². The van der Waals surface area contributed by atoms with Crippen molar-refractivity contribution in [3.8, 4) is 0 Å². The molecule has 4 aromatic carbocycles. The number of morpholine rings is 2. The van der Waals surface area contributed by atoms with Crippen molar-refractivity contribution in [2.75, 3.05) is 75.5 Å². The second-order valence-electron chi connectivity index (χ2n) is 13.6. The van der Waals surface area contributed by atoms with E-state index in [4.69, 9.17) is 38.4 Å². The first-order chi connectivity index (χ1) is 29.2. The van der Waals surface area contributed by atoms with E-state index in [1.165, 1.54) is 34.1 Å². The van der Waals surface area contributed by atoms with Crippen molar-refractivity contribution in [3.05, 3.63) is 129 Å². The second kappa shape index (κ2) is 22.3. The summed E-state index contributed by atoms with van der Waals surface area (Å²) in [5.41, 5.74) is 6.88. The van der Waals surface area contributed by atoms with E-state index in [1.54, 1.807) is 63.6 Å². The summed E-state index contributed by atoms with van der Waals surface area (Å²) in [6.07, 6.45) is -3.25. The van der Waals surface area contributed by atoms with Crippen LogP contribution in [0.15, 0.2) is 84.9 Å². The number of nitrogens with one attached hydrogen (secondary N) is 1. The Bertz CT molecular complexity index is 2210. The first kappa shape index (κ1) is 46.5. The van der Waals surface area contributed by atoms with Crippen molar-refractivity contribution in [1.82, 2.24) is 15.1 Å². The maximum Gasteiger partial charge on any atom is 0.324 e. The molecule has 0 atom stereocenters. The largest absolute Gasteiger partial charge is 0.378 e. The van der Waals surface area contributed by atoms with Gasteiger partial charge in [-0.25, -0.2) is 18.4 Å². The average molecular weight is 890 g/mol. The van der Waals surface area contributed by atoms with Gasteiger partial charge in [-0.2, -0.15) is 8.78 Å². The third-order valence-corrected chi connectivity index (χ3v) is 9.95. The normalized spacial score (nSPS) is 13.8. The number of ether oxygens (including phenoxy) is 2. The number of nitrogens with two attached hydrogens (primary N) is 1. The Morgan fingerprint density at radius 3 is 1.46 bits per heavy atom. The van der Waals surface area contributed by atoms with E-state index in [0.29, 0.717) is 74.0 Å². The molecule has 4 aromatic rings. The van der Waals surface area contributed by atoms with Gasteiger partial charge in [0.05, 0.1) is 52.6 Å². The molecule has 2 fully saturated rings. The smallest absolute Gasteiger partial charge is 0.324 e. The Morgan fingerprint density at radius 1 is 0.656 bits per heavy atom. The minimum Gasteiger partial charge on any atom is -0.378 e. The van der Waals surface area contributed by atoms with Crippen LogP contribution in [0.1, 0.15) is 31.8 Å². The third-order valence-electron chi connectivity index (χ3n) is 9.48. The summed E-state index contributed by atoms with van der Waals surface area (Å²) in [5, 5.41) is 2.66. The summed E-state index contributed by atoms with van der Waals surface area (Å²) in [6.45, 7) is 2.37. The number of carbonyl (C=O) groups is 5. The number of nitrogens with zero attached hydrogens (tertiary/aromatic N) is 4. The number of anilines is 2. The molecule has 0 aromatic heterocycles. The molecule has 0 bridgehead atoms. The quantitative estimate of drug-likeness (QED) is 0.120. The van der Waals surface area contributed by atoms with E-state index < -0.39 is 36.3 Å². The van der Waals surface area contributed by atoms with Crippen molar-refractivity contribution in [3.63, 3.8) is 0 Å². The molecule has 61 heavy (non-hydrogen) atoms. The van der Waals surface area contributed by atoms with Crippen LogP contribution in [0.4, 0.5) is 38.5 Å². The van der Waals surface area contributed by atoms with Gasteiger partial charge in [0, 0.05) is 69.9 Å². The van der Waals surface area contributed by atoms with E-state index >= 15 is 0 Å². The van der Waals surface area contributed by atoms with Gasteiger partial charge in [0.1, 0.15) is 11.6 Å². The monoisotopic (exact) mass is 888 g/mol. The topological polar surface area (TPSA) is 155 Å². The first-order valence-corrected chi connectivity index (χ1v) is 19.7. The standard InChI is InChI=1S/C22H21ClF3N3O4.C20H21ClFN3O3/c23-16-2-1-3-17(11-16)29(22(32)28-6-8-33-9-7-28)13-15-5-4-14(10-18(15)24)19(30)12-27-21(31)20(25)26;21-16-2-1-3-17(11-16)25(20(27)24-6-8-28-9-7-24)13-15-5-4-14(10-18(15)22)19(26)12-23/h1-5,10-11,20H,6-9,12-13H2,(H,27,31);1-5,10-11H,6-9,12-13,23H2. The van der Waals surface area contributed by atoms with E-state index in [1.807, 2.05) is 0 Å². The summed E-state index contributed by atoms with van der Waals surface area (Å²) >= 11 is 12.2. The molecule has 0 saturated carbocycles. The van der Waals surface area contributed by atoms with Crippen molar-refractivity contribution < 1.29 is 51.0 Å². The predicted molar refractivity (Wildman–Crippen MR) is 220 cm³/mol. The zero-order valence-corrected chi connectivity index (χ0v) is 34.1. The van der Waals surface area contributed by atoms with Gasteiger partial charge in [-0.3, -0.25) is 24.2 Å². The number of halogens is 6. The number of amides is 5. The Kier molecular flexibility index (Phi) is 17.0. The molecule has 2 aliphatic heterocycles. The lowest BCUT2D eigenvalue weighted by Crippen LogP contribution is -2.48. The summed E-state index contributed by atoms with van der Waals surface area (Å²) < 4.78 is 64.5. The fraction of sp³-hybridized carbons (Fsp3) is 0.310. The predicted octanol–water partition coefficient (Wildman–Crippen LogP) is 6.58. The molecule has 0 radical (unpaired) electrons. The highest BCUT2D eigenvalue weighted by molar-refractivity contribution is 6.31. The van der Waals surface area contributed by atoms with Gasteiger partial charge >= 0.3 is 18.5 Å². The number of benzene rings is 4. The molecule has 0 spiro atoms. The summed E-state index contributed by atoms with van der Waals surface area (Å²) in [6, 6.07) is 20.6. The molecule has 5 amide bonds. The van der Waals surface area contributed by atoms with Crippen LogP contribution in [0.5, 0.6) is 0 Å². The molecule has 19 heteroatoms. The SMILES string of the molecule is NCC(=O)c1ccc(CN(C(=O)N2CCOCC2)c2cccc(Cl)c2)c(F)c1.O=C(CNC(=O)C(F)F)c1ccc(CN(C(=O)N2CCOCC2)c2cccc(Cl)c2)c(F)c1. The Hall–Kier alpha value is -5.59. The third kappa shape index (κ3) is 13.0. The van der Waals surface area contributed by atoms with E-state index in [2.05, 4.69) is 0 Å². The van der Waals surface area contributed by atoms with Crippen molar-refractivity contribution >= 4 is 64.1 Å². The van der Waals surface area contributed by atoms with Crippen molar-refractivity contribution in [1.29, 1.82) is 0 Å². The molecule has 2 aliphatic rings. The van der Waals surface area contributed by atoms with Gasteiger partial charge in [0.2, 0.25) is 0 Å². The van der Waals surface area contributed by atoms with E-state index in [9.17, 15) is 41.5 Å². The summed E-state index contributed by atoms with van der Waals surface area (Å²) in [4.78, 5) is 67.1. The van der Waals surface area contributed by atoms with Crippen LogP contribution < -0.4 is 20.9 Å². The first-order valence-electron chi connectivity index (χ1n) is 18.9. The summed E-state index contributed by atoms with van der Waals surface area (Å²) in [7, 11) is 0. The van der Waals surface area contributed by atoms with Crippen LogP contribution in [0.3, 0.4) is 0 Å². The maximum atomic E-state index is 14.8. The van der Waals surface area contributed by atoms with Crippen LogP contribution in [0, 0.1) is 11.6 Å². The Balaban J connectivity index is 0.000000234. The molecular formula is C42H42Cl2F4N6O7. The molecule has 3 N–H and O–H groups in total. The van der Waals surface area contributed by atoms with Crippen LogP contribution >= 0.6 is 23.2 Å². The number of ketones is 2. The molecule has 2 heterocycles. The number of Topliss-reactive ketones (excluding diaryl/α,β-unsaturated/α-hetero) is 2. The zero-order valence-electron chi connectivity index (χ0n) is 32.6. The number of hydrogen-bond donors (Lipinski definition) is 2. The van der Waals surface area contributed by atoms with Crippen molar-refractivity contribution in [2.45, 2.75) is 19.5 Å². The fourth-order valence-corrected chi connectivity index (χ4v) is 6.55. The van der Waals surface area contributed by atoms with Gasteiger partial charge in [-0.1, -0.05) is 59.6 Å². The number of carbonyl (C=O) groups excluding carboxylic acids is 5. The lowest BCUT2D eigenvalue weighted by molar-refractivity contribution is -0.131. The second-order valence-corrected chi connectivity index (χ2v) is 14.5. The van der Waals surface area contributed by atoms with Gasteiger partial charge in [-0.05, 0) is 48.5 Å². The number of alkyl halides is 2. The fourth-order valence-electron chi connectivity index (χ4n) is 6.18. The van der Waals surface area contributed by atoms with Crippen LogP contribution in [0.25, 0.3) is 0 Å². The Labute approximate surface area is 358 Å². The number of rotatable bonds is 12. The number of hydrogen-bond acceptors (Lipinski definition) is 8. The highest BCUT2D eigenvalue weighted by Gasteiger charge is 2.27. The molecular weight excluding hydrogens is 847 g/mol. The van der Waals surface area contributed by atoms with E-state index in [-0.39, 0.29) is 59.7 Å². The summed E-state index contributed by atoms with van der Waals surface area (Å²) in [5.74, 6) is -3.99. The van der Waals surface area contributed by atoms with Crippen molar-refractivity contribution in [2.24, 2.45) is 5.73 Å². The molecule has 13 nitrogen and oxygen atoms in total. The molecule has 0 aliphatic carbocycles. The molecule has 0 unspecified atom stereocenters. The molecule has 324 valence electrons.